The Hall–Kier alpha value is -2.83. The van der Waals surface area contributed by atoms with E-state index >= 15 is 0 Å². The SMILES string of the molecule is N/C(=C\Nc1ccc(C2CCNCC2O)cc1)c1n[nH]c2ccccc12. The van der Waals surface area contributed by atoms with Gasteiger partial charge in [-0.05, 0) is 36.7 Å². The van der Waals surface area contributed by atoms with Crippen molar-refractivity contribution in [1.82, 2.24) is 15.5 Å². The summed E-state index contributed by atoms with van der Waals surface area (Å²) >= 11 is 0. The second-order valence-electron chi connectivity index (χ2n) is 6.65. The van der Waals surface area contributed by atoms with Gasteiger partial charge in [0.1, 0.15) is 5.69 Å². The lowest BCUT2D eigenvalue weighted by Crippen LogP contribution is -2.39. The van der Waals surface area contributed by atoms with Crippen molar-refractivity contribution in [1.29, 1.82) is 0 Å². The smallest absolute Gasteiger partial charge is 0.117 e. The third-order valence-corrected chi connectivity index (χ3v) is 4.93. The highest BCUT2D eigenvalue weighted by Crippen LogP contribution is 2.27. The summed E-state index contributed by atoms with van der Waals surface area (Å²) in [7, 11) is 0. The van der Waals surface area contributed by atoms with Crippen molar-refractivity contribution < 1.29 is 5.11 Å². The fraction of sp³-hybridized carbons (Fsp3) is 0.250. The minimum Gasteiger partial charge on any atom is -0.396 e. The number of aromatic nitrogens is 2. The number of rotatable bonds is 4. The van der Waals surface area contributed by atoms with Gasteiger partial charge in [0.15, 0.2) is 0 Å². The van der Waals surface area contributed by atoms with E-state index in [2.05, 4.69) is 33.0 Å². The molecule has 6 N–H and O–H groups in total. The molecule has 0 amide bonds. The normalized spacial score (nSPS) is 21.0. The maximum atomic E-state index is 10.1. The Morgan fingerprint density at radius 1 is 1.19 bits per heavy atom. The summed E-state index contributed by atoms with van der Waals surface area (Å²) < 4.78 is 0. The lowest BCUT2D eigenvalue weighted by atomic mass is 9.88. The maximum Gasteiger partial charge on any atom is 0.117 e. The van der Waals surface area contributed by atoms with Gasteiger partial charge in [0.05, 0.1) is 17.3 Å². The van der Waals surface area contributed by atoms with Crippen LogP contribution in [0.25, 0.3) is 16.6 Å². The molecule has 1 fully saturated rings. The number of aromatic amines is 1. The van der Waals surface area contributed by atoms with Gasteiger partial charge in [-0.15, -0.1) is 0 Å². The van der Waals surface area contributed by atoms with E-state index in [0.29, 0.717) is 12.2 Å². The lowest BCUT2D eigenvalue weighted by Gasteiger charge is -2.28. The van der Waals surface area contributed by atoms with Gasteiger partial charge in [-0.2, -0.15) is 5.10 Å². The molecule has 1 aliphatic heterocycles. The summed E-state index contributed by atoms with van der Waals surface area (Å²) in [6.07, 6.45) is 2.38. The van der Waals surface area contributed by atoms with Crippen LogP contribution in [0, 0.1) is 0 Å². The summed E-state index contributed by atoms with van der Waals surface area (Å²) in [5, 5.41) is 24.9. The number of nitrogens with one attached hydrogen (secondary N) is 3. The molecule has 0 saturated carbocycles. The summed E-state index contributed by atoms with van der Waals surface area (Å²) in [4.78, 5) is 0. The second kappa shape index (κ2) is 7.19. The standard InChI is InChI=1S/C20H23N5O/c21-17(20-16-3-1-2-4-18(16)24-25-20)11-23-14-7-5-13(6-8-14)15-9-10-22-12-19(15)26/h1-8,11,15,19,22-23,26H,9-10,12,21H2,(H,24,25)/b17-11-. The number of piperidine rings is 1. The molecule has 0 bridgehead atoms. The fourth-order valence-electron chi connectivity index (χ4n) is 3.47. The van der Waals surface area contributed by atoms with Gasteiger partial charge >= 0.3 is 0 Å². The molecule has 1 aromatic heterocycles. The fourth-order valence-corrected chi connectivity index (χ4v) is 3.47. The minimum atomic E-state index is -0.328. The molecule has 6 nitrogen and oxygen atoms in total. The van der Waals surface area contributed by atoms with E-state index in [9.17, 15) is 5.11 Å². The Kier molecular flexibility index (Phi) is 4.60. The number of β-amino-alcohol motifs (C(OH)–C–C–N with tert-alkyl or cyclic N) is 1. The molecule has 134 valence electrons. The van der Waals surface area contributed by atoms with Crippen LogP contribution in [0.1, 0.15) is 23.6 Å². The Balaban J connectivity index is 1.48. The molecule has 2 heterocycles. The molecule has 4 rings (SSSR count). The number of para-hydroxylation sites is 1. The topological polar surface area (TPSA) is 99.0 Å². The number of aliphatic hydroxyl groups excluding tert-OH is 1. The lowest BCUT2D eigenvalue weighted by molar-refractivity contribution is 0.118. The van der Waals surface area contributed by atoms with Crippen molar-refractivity contribution in [3.8, 4) is 0 Å². The molecular weight excluding hydrogens is 326 g/mol. The average molecular weight is 349 g/mol. The Morgan fingerprint density at radius 2 is 2.00 bits per heavy atom. The monoisotopic (exact) mass is 349 g/mol. The number of hydrogen-bond donors (Lipinski definition) is 5. The van der Waals surface area contributed by atoms with E-state index in [1.165, 1.54) is 5.56 Å². The van der Waals surface area contributed by atoms with E-state index in [1.807, 2.05) is 36.4 Å². The van der Waals surface area contributed by atoms with Crippen LogP contribution in [0.15, 0.2) is 54.7 Å². The van der Waals surface area contributed by atoms with Gasteiger partial charge in [-0.1, -0.05) is 30.3 Å². The van der Waals surface area contributed by atoms with Gasteiger partial charge in [0.2, 0.25) is 0 Å². The molecule has 2 unspecified atom stereocenters. The number of aliphatic hydroxyl groups is 1. The molecule has 0 radical (unpaired) electrons. The van der Waals surface area contributed by atoms with Gasteiger partial charge < -0.3 is 21.5 Å². The highest BCUT2D eigenvalue weighted by molar-refractivity contribution is 5.89. The molecule has 3 aromatic rings. The number of benzene rings is 2. The van der Waals surface area contributed by atoms with Crippen LogP contribution in [-0.4, -0.2) is 34.5 Å². The molecule has 26 heavy (non-hydrogen) atoms. The van der Waals surface area contributed by atoms with Crippen molar-refractivity contribution >= 4 is 22.3 Å². The highest BCUT2D eigenvalue weighted by atomic mass is 16.3. The zero-order valence-electron chi connectivity index (χ0n) is 14.4. The second-order valence-corrected chi connectivity index (χ2v) is 6.65. The number of nitrogens with zero attached hydrogens (tertiary/aromatic N) is 1. The van der Waals surface area contributed by atoms with E-state index in [1.54, 1.807) is 6.20 Å². The van der Waals surface area contributed by atoms with Crippen molar-refractivity contribution in [2.45, 2.75) is 18.4 Å². The maximum absolute atomic E-state index is 10.1. The van der Waals surface area contributed by atoms with Gasteiger partial charge in [-0.25, -0.2) is 0 Å². The molecule has 0 aliphatic carbocycles. The third kappa shape index (κ3) is 3.29. The van der Waals surface area contributed by atoms with Crippen LogP contribution in [0.5, 0.6) is 0 Å². The minimum absolute atomic E-state index is 0.196. The van der Waals surface area contributed by atoms with Crippen molar-refractivity contribution in [2.75, 3.05) is 18.4 Å². The van der Waals surface area contributed by atoms with Crippen LogP contribution >= 0.6 is 0 Å². The first-order valence-corrected chi connectivity index (χ1v) is 8.87. The van der Waals surface area contributed by atoms with E-state index in [-0.39, 0.29) is 12.0 Å². The Bertz CT molecular complexity index is 915. The molecular formula is C20H23N5O. The highest BCUT2D eigenvalue weighted by Gasteiger charge is 2.24. The first-order valence-electron chi connectivity index (χ1n) is 8.87. The molecule has 1 saturated heterocycles. The van der Waals surface area contributed by atoms with Gasteiger partial charge in [-0.3, -0.25) is 5.10 Å². The zero-order valence-corrected chi connectivity index (χ0v) is 14.4. The van der Waals surface area contributed by atoms with Gasteiger partial charge in [0, 0.05) is 29.7 Å². The van der Waals surface area contributed by atoms with Crippen LogP contribution < -0.4 is 16.4 Å². The zero-order chi connectivity index (χ0) is 17.9. The summed E-state index contributed by atoms with van der Waals surface area (Å²) in [5.74, 6) is 0.196. The third-order valence-electron chi connectivity index (χ3n) is 4.93. The average Bonchev–Trinajstić information content (AvgIpc) is 3.11. The van der Waals surface area contributed by atoms with E-state index in [4.69, 9.17) is 5.73 Å². The molecule has 2 atom stereocenters. The van der Waals surface area contributed by atoms with E-state index < -0.39 is 0 Å². The van der Waals surface area contributed by atoms with Crippen molar-refractivity contribution in [3.05, 3.63) is 66.0 Å². The molecule has 0 spiro atoms. The molecule has 2 aromatic carbocycles. The first kappa shape index (κ1) is 16.6. The Labute approximate surface area is 152 Å². The summed E-state index contributed by atoms with van der Waals surface area (Å²) in [6.45, 7) is 1.60. The summed E-state index contributed by atoms with van der Waals surface area (Å²) in [5.41, 5.74) is 10.6. The largest absolute Gasteiger partial charge is 0.396 e. The van der Waals surface area contributed by atoms with E-state index in [0.717, 1.165) is 35.2 Å². The predicted octanol–water partition coefficient (Wildman–Crippen LogP) is 2.37. The number of hydrogen-bond acceptors (Lipinski definition) is 5. The van der Waals surface area contributed by atoms with Crippen LogP contribution in [0.2, 0.25) is 0 Å². The predicted molar refractivity (Wildman–Crippen MR) is 105 cm³/mol. The number of anilines is 1. The Morgan fingerprint density at radius 3 is 2.81 bits per heavy atom. The quantitative estimate of drug-likeness (QED) is 0.498. The van der Waals surface area contributed by atoms with Crippen LogP contribution in [-0.2, 0) is 0 Å². The molecule has 6 heteroatoms. The van der Waals surface area contributed by atoms with Crippen molar-refractivity contribution in [3.63, 3.8) is 0 Å². The van der Waals surface area contributed by atoms with Crippen LogP contribution in [0.4, 0.5) is 5.69 Å². The van der Waals surface area contributed by atoms with Crippen LogP contribution in [0.3, 0.4) is 0 Å². The number of fused-ring (bicyclic) bond motifs is 1. The number of nitrogens with two attached hydrogens (primary N) is 1. The number of H-pyrrole nitrogens is 1. The van der Waals surface area contributed by atoms with Gasteiger partial charge in [0.25, 0.3) is 0 Å². The first-order chi connectivity index (χ1) is 12.7. The van der Waals surface area contributed by atoms with Crippen molar-refractivity contribution in [2.24, 2.45) is 5.73 Å². The summed E-state index contributed by atoms with van der Waals surface area (Å²) in [6, 6.07) is 16.0. The molecule has 1 aliphatic rings.